The molecule has 61 heavy (non-hydrogen) atoms. The van der Waals surface area contributed by atoms with E-state index in [-0.39, 0.29) is 39.3 Å². The maximum atomic E-state index is 12.3. The fourth-order valence-electron chi connectivity index (χ4n) is 13.2. The third kappa shape index (κ3) is 8.30. The summed E-state index contributed by atoms with van der Waals surface area (Å²) in [6.45, 7) is 13.5. The van der Waals surface area contributed by atoms with Crippen LogP contribution >= 0.6 is 0 Å². The zero-order valence-electron chi connectivity index (χ0n) is 37.0. The molecule has 332 valence electrons. The second-order valence-corrected chi connectivity index (χ2v) is 21.4. The van der Waals surface area contributed by atoms with Crippen molar-refractivity contribution in [2.24, 2.45) is 27.6 Å². The predicted molar refractivity (Wildman–Crippen MR) is 237 cm³/mol. The van der Waals surface area contributed by atoms with Crippen LogP contribution in [0.1, 0.15) is 139 Å². The molecule has 0 radical (unpaired) electrons. The lowest BCUT2D eigenvalue weighted by Gasteiger charge is -2.69. The van der Waals surface area contributed by atoms with Gasteiger partial charge in [-0.25, -0.2) is 0 Å². The lowest BCUT2D eigenvalue weighted by atomic mass is 9.34. The minimum atomic E-state index is -4.67. The van der Waals surface area contributed by atoms with Gasteiger partial charge in [0.25, 0.3) is 0 Å². The molecule has 5 fully saturated rings. The number of aromatic hydroxyl groups is 2. The van der Waals surface area contributed by atoms with Crippen molar-refractivity contribution in [3.8, 4) is 11.5 Å². The normalized spacial score (nSPS) is 35.1. The number of piperidine rings is 1. The van der Waals surface area contributed by atoms with Crippen LogP contribution in [0.4, 0.5) is 0 Å². The summed E-state index contributed by atoms with van der Waals surface area (Å²) < 4.78 is 38.2. The van der Waals surface area contributed by atoms with Crippen molar-refractivity contribution in [2.75, 3.05) is 7.05 Å². The van der Waals surface area contributed by atoms with Gasteiger partial charge in [-0.05, 0) is 154 Å². The van der Waals surface area contributed by atoms with Gasteiger partial charge in [-0.3, -0.25) is 13.9 Å². The number of hydrogen-bond donors (Lipinski definition) is 5. The van der Waals surface area contributed by atoms with Gasteiger partial charge in [0.1, 0.15) is 6.10 Å². The molecular weight excluding hydrogens is 791 g/mol. The number of fused-ring (bicyclic) bond motifs is 9. The molecule has 8 atom stereocenters. The van der Waals surface area contributed by atoms with Gasteiger partial charge in [-0.1, -0.05) is 100 Å². The minimum absolute atomic E-state index is 0.00431. The molecule has 11 heteroatoms. The molecule has 10 nitrogen and oxygen atoms in total. The molecule has 0 spiro atoms. The third-order valence-electron chi connectivity index (χ3n) is 17.2. The zero-order valence-corrected chi connectivity index (χ0v) is 37.8. The van der Waals surface area contributed by atoms with Crippen LogP contribution < -0.4 is 0 Å². The molecule has 2 saturated heterocycles. The first-order chi connectivity index (χ1) is 28.5. The maximum Gasteiger partial charge on any atom is 0.394 e. The van der Waals surface area contributed by atoms with Gasteiger partial charge < -0.3 is 25.0 Å². The number of ether oxygens (including phenoxy) is 1. The van der Waals surface area contributed by atoms with Crippen LogP contribution in [0.25, 0.3) is 0 Å². The lowest BCUT2D eigenvalue weighted by molar-refractivity contribution is -0.177. The summed E-state index contributed by atoms with van der Waals surface area (Å²) in [6.07, 6.45) is 15.5. The topological polar surface area (TPSA) is 165 Å². The van der Waals surface area contributed by atoms with E-state index in [1.165, 1.54) is 47.9 Å². The summed E-state index contributed by atoms with van der Waals surface area (Å²) >= 11 is 0. The Morgan fingerprint density at radius 2 is 1.36 bits per heavy atom. The smallest absolute Gasteiger partial charge is 0.394 e. The predicted octanol–water partition coefficient (Wildman–Crippen LogP) is 10.4. The van der Waals surface area contributed by atoms with Crippen molar-refractivity contribution in [2.45, 2.75) is 148 Å². The highest BCUT2D eigenvalue weighted by molar-refractivity contribution is 7.79. The molecule has 6 aliphatic rings. The first-order valence-corrected chi connectivity index (χ1v) is 23.6. The van der Waals surface area contributed by atoms with E-state index < -0.39 is 21.8 Å². The van der Waals surface area contributed by atoms with Crippen molar-refractivity contribution < 1.29 is 42.4 Å². The number of carboxylic acid groups (broad SMARTS) is 1. The number of phenols is 2. The third-order valence-corrected chi connectivity index (χ3v) is 17.2. The van der Waals surface area contributed by atoms with Crippen LogP contribution in [0.2, 0.25) is 0 Å². The summed E-state index contributed by atoms with van der Waals surface area (Å²) in [5, 5.41) is 30.9. The first-order valence-electron chi connectivity index (χ1n) is 22.2. The van der Waals surface area contributed by atoms with E-state index in [9.17, 15) is 20.1 Å². The molecule has 4 aliphatic carbocycles. The van der Waals surface area contributed by atoms with E-state index >= 15 is 0 Å². The molecule has 2 heterocycles. The highest BCUT2D eigenvalue weighted by atomic mass is 32.3. The summed E-state index contributed by atoms with van der Waals surface area (Å²) in [6, 6.07) is 24.5. The Labute approximate surface area is 363 Å². The van der Waals surface area contributed by atoms with Crippen molar-refractivity contribution in [3.63, 3.8) is 0 Å². The number of carbonyl (C=O) groups is 1. The Balaban J connectivity index is 0.000000174. The first kappa shape index (κ1) is 45.3. The summed E-state index contributed by atoms with van der Waals surface area (Å²) in [5.41, 5.74) is 6.51. The minimum Gasteiger partial charge on any atom is -0.504 e. The summed E-state index contributed by atoms with van der Waals surface area (Å²) in [7, 11) is -2.38. The van der Waals surface area contributed by atoms with Gasteiger partial charge in [0.2, 0.25) is 0 Å². The van der Waals surface area contributed by atoms with E-state index in [0.29, 0.717) is 24.1 Å². The van der Waals surface area contributed by atoms with Crippen LogP contribution in [-0.4, -0.2) is 68.9 Å². The van der Waals surface area contributed by atoms with Gasteiger partial charge >= 0.3 is 16.4 Å². The molecule has 5 N–H and O–H groups in total. The average molecular weight is 858 g/mol. The fraction of sp³-hybridized carbons (Fsp3) is 0.580. The van der Waals surface area contributed by atoms with Crippen LogP contribution in [0.5, 0.6) is 11.5 Å². The number of carboxylic acids is 1. The monoisotopic (exact) mass is 857 g/mol. The Kier molecular flexibility index (Phi) is 12.2. The van der Waals surface area contributed by atoms with Crippen LogP contribution in [-0.2, 0) is 31.8 Å². The molecule has 2 aliphatic heterocycles. The number of hydrogen-bond acceptors (Lipinski definition) is 7. The van der Waals surface area contributed by atoms with Gasteiger partial charge in [0, 0.05) is 17.5 Å². The second-order valence-electron chi connectivity index (χ2n) is 20.5. The van der Waals surface area contributed by atoms with E-state index in [0.717, 1.165) is 62.5 Å². The van der Waals surface area contributed by atoms with Crippen LogP contribution in [0, 0.1) is 34.5 Å². The lowest BCUT2D eigenvalue weighted by Crippen LogP contribution is -2.62. The maximum absolute atomic E-state index is 12.3. The van der Waals surface area contributed by atoms with Gasteiger partial charge in [0.15, 0.2) is 11.5 Å². The van der Waals surface area contributed by atoms with Crippen LogP contribution in [0.15, 0.2) is 78.4 Å². The standard InChI is InChI=1S/C29H40O4.C21H25NO.H2O4S/c1-17-18-7-8-21-27(4,19(18)15-20(30)23(17)31)12-14-29(6)22-16-26(3,24(32)33)10-9-25(22,2)11-13-28(21,29)5;1-22-18-12-13-19(22)15-20(14-18)23-21(16-8-4-2-5-9-16)17-10-6-3-7-11-17;1-5(2,3)4/h8,15,22,30-31H,7,9-14,16H2,1-6H3,(H,32,33);2-11,18-21H,12-15H2,1H3;(H2,1,2,3,4). The summed E-state index contributed by atoms with van der Waals surface area (Å²) in [4.78, 5) is 14.8. The molecule has 8 unspecified atom stereocenters. The molecule has 3 aromatic rings. The van der Waals surface area contributed by atoms with Gasteiger partial charge in [-0.15, -0.1) is 0 Å². The Morgan fingerprint density at radius 3 is 1.90 bits per heavy atom. The molecule has 0 aromatic heterocycles. The molecule has 3 saturated carbocycles. The van der Waals surface area contributed by atoms with E-state index in [1.807, 2.05) is 19.9 Å². The highest BCUT2D eigenvalue weighted by Crippen LogP contribution is 2.74. The Hall–Kier alpha value is -3.74. The SMILES string of the molecule is CN1C2CCC1CC(OC(c1ccccc1)c1ccccc1)C2.Cc1c(O)c(O)cc2c1CC=C1C2(C)CCC2(C)C3CC(C)(C(=O)O)CCC3(C)CCC12C.O=S(=O)(O)O. The van der Waals surface area contributed by atoms with Gasteiger partial charge in [-0.2, -0.15) is 8.42 Å². The van der Waals surface area contributed by atoms with E-state index in [2.05, 4.69) is 106 Å². The molecule has 3 aromatic carbocycles. The van der Waals surface area contributed by atoms with Gasteiger partial charge in [0.05, 0.1) is 11.5 Å². The number of rotatable bonds is 5. The molecular formula is C50H67NO9S. The highest BCUT2D eigenvalue weighted by Gasteiger charge is 2.67. The number of phenolic OH excluding ortho intramolecular Hbond substituents is 2. The average Bonchev–Trinajstić information content (AvgIpc) is 3.40. The van der Waals surface area contributed by atoms with Crippen LogP contribution in [0.3, 0.4) is 0 Å². The van der Waals surface area contributed by atoms with Crippen molar-refractivity contribution >= 4 is 16.4 Å². The zero-order chi connectivity index (χ0) is 44.3. The van der Waals surface area contributed by atoms with Crippen molar-refractivity contribution in [3.05, 3.63) is 106 Å². The summed E-state index contributed by atoms with van der Waals surface area (Å²) in [5.74, 6) is -0.282. The Morgan fingerprint density at radius 1 is 0.820 bits per heavy atom. The number of benzene rings is 3. The fourth-order valence-corrected chi connectivity index (χ4v) is 13.2. The van der Waals surface area contributed by atoms with Crippen molar-refractivity contribution in [1.82, 2.24) is 4.90 Å². The number of nitrogens with zero attached hydrogens (tertiary/aromatic N) is 1. The molecule has 2 bridgehead atoms. The molecule has 0 amide bonds. The quantitative estimate of drug-likeness (QED) is 0.0947. The second kappa shape index (κ2) is 16.4. The van der Waals surface area contributed by atoms with E-state index in [4.69, 9.17) is 22.3 Å². The van der Waals surface area contributed by atoms with E-state index in [1.54, 1.807) is 0 Å². The largest absolute Gasteiger partial charge is 0.504 e. The van der Waals surface area contributed by atoms with Crippen molar-refractivity contribution in [1.29, 1.82) is 0 Å². The Bertz CT molecular complexity index is 2190. The molecule has 9 rings (SSSR count). The number of aliphatic carboxylic acids is 1. The number of allylic oxidation sites excluding steroid dienone is 2.